The number of hydrogen-bond donors (Lipinski definition) is 0. The summed E-state index contributed by atoms with van der Waals surface area (Å²) in [6, 6.07) is 68.4. The van der Waals surface area contributed by atoms with Crippen LogP contribution in [0.5, 0.6) is 0 Å². The van der Waals surface area contributed by atoms with E-state index in [2.05, 4.69) is 193 Å². The minimum atomic E-state index is 1.13. The number of fused-ring (bicyclic) bond motifs is 7. The van der Waals surface area contributed by atoms with Crippen LogP contribution in [0.15, 0.2) is 188 Å². The van der Waals surface area contributed by atoms with Crippen LogP contribution in [0.3, 0.4) is 0 Å². The van der Waals surface area contributed by atoms with Crippen molar-refractivity contribution in [2.45, 2.75) is 0 Å². The number of rotatable bonds is 5. The van der Waals surface area contributed by atoms with Crippen LogP contribution >= 0.6 is 11.3 Å². The van der Waals surface area contributed by atoms with E-state index in [0.29, 0.717) is 0 Å². The minimum absolute atomic E-state index is 1.13. The maximum Gasteiger partial charge on any atom is 0.0462 e. The molecule has 1 nitrogen and oxygen atoms in total. The molecule has 0 saturated heterocycles. The predicted octanol–water partition coefficient (Wildman–Crippen LogP) is 14.2. The molecule has 1 heterocycles. The minimum Gasteiger partial charge on any atom is -0.311 e. The Balaban J connectivity index is 1.09. The van der Waals surface area contributed by atoms with E-state index in [1.165, 1.54) is 75.8 Å². The zero-order valence-corrected chi connectivity index (χ0v) is 28.1. The van der Waals surface area contributed by atoms with E-state index in [1.807, 2.05) is 11.3 Å². The molecular formula is C48H31NS. The fourth-order valence-corrected chi connectivity index (χ4v) is 9.10. The van der Waals surface area contributed by atoms with Gasteiger partial charge in [0.05, 0.1) is 0 Å². The van der Waals surface area contributed by atoms with Crippen molar-refractivity contribution in [3.63, 3.8) is 0 Å². The second-order valence-corrected chi connectivity index (χ2v) is 13.9. The topological polar surface area (TPSA) is 3.24 Å². The lowest BCUT2D eigenvalue weighted by Crippen LogP contribution is -2.09. The second-order valence-electron chi connectivity index (χ2n) is 12.9. The van der Waals surface area contributed by atoms with E-state index in [9.17, 15) is 0 Å². The van der Waals surface area contributed by atoms with E-state index in [-0.39, 0.29) is 0 Å². The maximum absolute atomic E-state index is 2.41. The van der Waals surface area contributed by atoms with E-state index in [4.69, 9.17) is 0 Å². The van der Waals surface area contributed by atoms with Gasteiger partial charge in [0.15, 0.2) is 0 Å². The molecular weight excluding hydrogens is 623 g/mol. The van der Waals surface area contributed by atoms with Crippen molar-refractivity contribution in [1.82, 2.24) is 0 Å². The van der Waals surface area contributed by atoms with Crippen molar-refractivity contribution in [1.29, 1.82) is 0 Å². The molecule has 0 radical (unpaired) electrons. The average Bonchev–Trinajstić information content (AvgIpc) is 3.55. The van der Waals surface area contributed by atoms with Crippen molar-refractivity contribution < 1.29 is 0 Å². The van der Waals surface area contributed by atoms with Gasteiger partial charge in [-0.25, -0.2) is 0 Å². The van der Waals surface area contributed by atoms with E-state index in [1.54, 1.807) is 0 Å². The first-order chi connectivity index (χ1) is 24.8. The zero-order chi connectivity index (χ0) is 33.0. The fourth-order valence-electron chi connectivity index (χ4n) is 7.71. The standard InChI is InChI=1S/C48H31NS/c1-3-14-36(15-4-1)49(37-16-5-2-6-17-37)38-29-27-33(28-30-38)32-23-25-34(26-24-32)47-45-43-22-12-11-20-41(43)40-19-9-10-21-42(40)44-31-35-13-7-8-18-39(35)48(50-47)46(44)45/h1-31H. The molecule has 0 amide bonds. The van der Waals surface area contributed by atoms with Crippen molar-refractivity contribution in [3.8, 4) is 54.9 Å². The van der Waals surface area contributed by atoms with Gasteiger partial charge in [-0.3, -0.25) is 0 Å². The van der Waals surface area contributed by atoms with Gasteiger partial charge in [0, 0.05) is 37.6 Å². The van der Waals surface area contributed by atoms with Crippen LogP contribution in [0.2, 0.25) is 0 Å². The summed E-state index contributed by atoms with van der Waals surface area (Å²) in [7, 11) is 0. The second kappa shape index (κ2) is 11.7. The lowest BCUT2D eigenvalue weighted by atomic mass is 9.93. The van der Waals surface area contributed by atoms with Gasteiger partial charge in [0.25, 0.3) is 0 Å². The summed E-state index contributed by atoms with van der Waals surface area (Å²) in [5.74, 6) is 0. The number of nitrogens with zero attached hydrogens (tertiary/aromatic N) is 1. The lowest BCUT2D eigenvalue weighted by Gasteiger charge is -2.25. The molecule has 1 aromatic heterocycles. The molecule has 0 saturated carbocycles. The summed E-state index contributed by atoms with van der Waals surface area (Å²) in [6.45, 7) is 0. The number of hydrogen-bond acceptors (Lipinski definition) is 2. The highest BCUT2D eigenvalue weighted by Gasteiger charge is 2.27. The van der Waals surface area contributed by atoms with E-state index >= 15 is 0 Å². The smallest absolute Gasteiger partial charge is 0.0462 e. The summed E-state index contributed by atoms with van der Waals surface area (Å²) in [5, 5.41) is 3.96. The summed E-state index contributed by atoms with van der Waals surface area (Å²) in [6.07, 6.45) is 0. The highest BCUT2D eigenvalue weighted by Crippen LogP contribution is 2.55. The van der Waals surface area contributed by atoms with Crippen LogP contribution in [0.4, 0.5) is 17.1 Å². The van der Waals surface area contributed by atoms with Gasteiger partial charge < -0.3 is 4.90 Å². The Labute approximate surface area is 296 Å². The Hall–Kier alpha value is -6.22. The molecule has 0 N–H and O–H groups in total. The monoisotopic (exact) mass is 653 g/mol. The van der Waals surface area contributed by atoms with Gasteiger partial charge in [0.1, 0.15) is 0 Å². The first-order valence-corrected chi connectivity index (χ1v) is 17.9. The SMILES string of the molecule is c1ccc(N(c2ccccc2)c2ccc(-c3ccc(-c4sc5c6c(cc7ccccc75)-c5ccccc5-c5ccccc5-c46)cc3)cc2)cc1. The average molecular weight is 654 g/mol. The van der Waals surface area contributed by atoms with Crippen molar-refractivity contribution in [2.75, 3.05) is 4.90 Å². The van der Waals surface area contributed by atoms with Gasteiger partial charge in [-0.05, 0) is 97.7 Å². The van der Waals surface area contributed by atoms with Gasteiger partial charge in [-0.1, -0.05) is 146 Å². The molecule has 50 heavy (non-hydrogen) atoms. The van der Waals surface area contributed by atoms with Gasteiger partial charge >= 0.3 is 0 Å². The summed E-state index contributed by atoms with van der Waals surface area (Å²) >= 11 is 1.93. The van der Waals surface area contributed by atoms with Crippen molar-refractivity contribution in [2.24, 2.45) is 0 Å². The molecule has 0 bridgehead atoms. The Kier molecular flexibility index (Phi) is 6.75. The largest absolute Gasteiger partial charge is 0.311 e. The van der Waals surface area contributed by atoms with E-state index < -0.39 is 0 Å². The molecule has 0 spiro atoms. The number of thiophene rings is 1. The molecule has 0 unspecified atom stereocenters. The van der Waals surface area contributed by atoms with Crippen LogP contribution in [0.1, 0.15) is 0 Å². The van der Waals surface area contributed by atoms with Crippen LogP contribution in [0, 0.1) is 0 Å². The molecule has 234 valence electrons. The van der Waals surface area contributed by atoms with Crippen molar-refractivity contribution in [3.05, 3.63) is 188 Å². The number of para-hydroxylation sites is 2. The third-order valence-corrected chi connectivity index (χ3v) is 11.3. The van der Waals surface area contributed by atoms with Gasteiger partial charge in [-0.2, -0.15) is 0 Å². The first kappa shape index (κ1) is 28.8. The summed E-state index contributed by atoms with van der Waals surface area (Å²) in [5.41, 5.74) is 14.9. The highest BCUT2D eigenvalue weighted by molar-refractivity contribution is 7.24. The predicted molar refractivity (Wildman–Crippen MR) is 215 cm³/mol. The van der Waals surface area contributed by atoms with Crippen LogP contribution in [0.25, 0.3) is 75.8 Å². The maximum atomic E-state index is 2.41. The lowest BCUT2D eigenvalue weighted by molar-refractivity contribution is 1.28. The molecule has 0 fully saturated rings. The molecule has 1 aliphatic carbocycles. The summed E-state index contributed by atoms with van der Waals surface area (Å²) in [4.78, 5) is 3.62. The van der Waals surface area contributed by atoms with Crippen LogP contribution in [-0.2, 0) is 0 Å². The Morgan fingerprint density at radius 1 is 0.360 bits per heavy atom. The molecule has 0 aliphatic heterocycles. The van der Waals surface area contributed by atoms with Crippen molar-refractivity contribution >= 4 is 49.3 Å². The van der Waals surface area contributed by atoms with E-state index in [0.717, 1.165) is 17.1 Å². The molecule has 8 aromatic carbocycles. The Morgan fingerprint density at radius 3 is 1.46 bits per heavy atom. The molecule has 10 rings (SSSR count). The van der Waals surface area contributed by atoms with Crippen LogP contribution < -0.4 is 4.90 Å². The molecule has 2 heteroatoms. The first-order valence-electron chi connectivity index (χ1n) is 17.1. The third-order valence-electron chi connectivity index (χ3n) is 10.0. The molecule has 9 aromatic rings. The highest BCUT2D eigenvalue weighted by atomic mass is 32.1. The molecule has 1 aliphatic rings. The quantitative estimate of drug-likeness (QED) is 0.179. The Morgan fingerprint density at radius 2 is 0.820 bits per heavy atom. The Bertz CT molecular complexity index is 2630. The number of benzene rings is 8. The third kappa shape index (κ3) is 4.61. The zero-order valence-electron chi connectivity index (χ0n) is 27.3. The molecule has 0 atom stereocenters. The number of anilines is 3. The van der Waals surface area contributed by atoms with Gasteiger partial charge in [0.2, 0.25) is 0 Å². The normalized spacial score (nSPS) is 11.6. The van der Waals surface area contributed by atoms with Crippen LogP contribution in [-0.4, -0.2) is 0 Å². The van der Waals surface area contributed by atoms with Gasteiger partial charge in [-0.15, -0.1) is 11.3 Å². The fraction of sp³-hybridized carbons (Fsp3) is 0. The summed E-state index contributed by atoms with van der Waals surface area (Å²) < 4.78 is 1.36.